The molecule has 0 bridgehead atoms. The predicted octanol–water partition coefficient (Wildman–Crippen LogP) is 3.91. The Labute approximate surface area is 137 Å². The van der Waals surface area contributed by atoms with E-state index in [-0.39, 0.29) is 12.5 Å². The van der Waals surface area contributed by atoms with Gasteiger partial charge < -0.3 is 15.4 Å². The first-order valence-corrected chi connectivity index (χ1v) is 8.35. The van der Waals surface area contributed by atoms with E-state index in [1.807, 2.05) is 13.0 Å². The Morgan fingerprint density at radius 1 is 1.27 bits per heavy atom. The quantitative estimate of drug-likeness (QED) is 0.807. The van der Waals surface area contributed by atoms with Crippen molar-refractivity contribution in [2.45, 2.75) is 51.5 Å². The Kier molecular flexibility index (Phi) is 6.37. The van der Waals surface area contributed by atoms with E-state index in [9.17, 15) is 4.79 Å². The van der Waals surface area contributed by atoms with Crippen molar-refractivity contribution in [3.8, 4) is 5.75 Å². The lowest BCUT2D eigenvalue weighted by Crippen LogP contribution is -2.38. The molecule has 1 amide bonds. The maximum atomic E-state index is 12.1. The van der Waals surface area contributed by atoms with Crippen molar-refractivity contribution in [1.29, 1.82) is 0 Å². The highest BCUT2D eigenvalue weighted by Gasteiger charge is 2.15. The Bertz CT molecular complexity index is 512. The number of hydrogen-bond acceptors (Lipinski definition) is 3. The highest BCUT2D eigenvalue weighted by molar-refractivity contribution is 6.31. The number of benzene rings is 1. The summed E-state index contributed by atoms with van der Waals surface area (Å²) in [6.45, 7) is 2.17. The molecule has 0 aliphatic heterocycles. The van der Waals surface area contributed by atoms with Gasteiger partial charge in [0, 0.05) is 17.1 Å². The zero-order valence-electron chi connectivity index (χ0n) is 13.4. The SMILES string of the molecule is COc1cc(Cl)c(C)cc1NCC(=O)NC1CCCCCC1. The topological polar surface area (TPSA) is 50.4 Å². The minimum absolute atomic E-state index is 0.0292. The van der Waals surface area contributed by atoms with Crippen molar-refractivity contribution in [2.24, 2.45) is 0 Å². The van der Waals surface area contributed by atoms with Crippen molar-refractivity contribution in [3.05, 3.63) is 22.7 Å². The number of rotatable bonds is 5. The van der Waals surface area contributed by atoms with Crippen molar-refractivity contribution in [2.75, 3.05) is 19.0 Å². The molecule has 0 heterocycles. The molecule has 5 heteroatoms. The molecule has 1 aromatic rings. The number of aryl methyl sites for hydroxylation is 1. The number of carbonyl (C=O) groups excluding carboxylic acids is 1. The van der Waals surface area contributed by atoms with E-state index in [1.165, 1.54) is 25.7 Å². The molecular formula is C17H25ClN2O2. The number of amides is 1. The summed E-state index contributed by atoms with van der Waals surface area (Å²) < 4.78 is 5.30. The van der Waals surface area contributed by atoms with Crippen LogP contribution in [0.3, 0.4) is 0 Å². The fourth-order valence-electron chi connectivity index (χ4n) is 2.85. The highest BCUT2D eigenvalue weighted by Crippen LogP contribution is 2.30. The summed E-state index contributed by atoms with van der Waals surface area (Å²) in [5, 5.41) is 6.92. The highest BCUT2D eigenvalue weighted by atomic mass is 35.5. The van der Waals surface area contributed by atoms with Crippen LogP contribution in [0.2, 0.25) is 5.02 Å². The lowest BCUT2D eigenvalue weighted by atomic mass is 10.1. The summed E-state index contributed by atoms with van der Waals surface area (Å²) in [7, 11) is 1.60. The average molecular weight is 325 g/mol. The van der Waals surface area contributed by atoms with Gasteiger partial charge in [-0.15, -0.1) is 0 Å². The van der Waals surface area contributed by atoms with Crippen LogP contribution in [0.15, 0.2) is 12.1 Å². The average Bonchev–Trinajstić information content (AvgIpc) is 2.76. The molecule has 2 N–H and O–H groups in total. The second kappa shape index (κ2) is 8.28. The van der Waals surface area contributed by atoms with E-state index in [0.717, 1.165) is 24.1 Å². The summed E-state index contributed by atoms with van der Waals surface area (Å²) in [6, 6.07) is 3.99. The van der Waals surface area contributed by atoms with Crippen LogP contribution in [-0.2, 0) is 4.79 Å². The summed E-state index contributed by atoms with van der Waals surface area (Å²) in [5.41, 5.74) is 1.74. The van der Waals surface area contributed by atoms with Crippen LogP contribution in [0.4, 0.5) is 5.69 Å². The van der Waals surface area contributed by atoms with E-state index >= 15 is 0 Å². The molecule has 1 saturated carbocycles. The molecule has 0 spiro atoms. The fraction of sp³-hybridized carbons (Fsp3) is 0.588. The third kappa shape index (κ3) is 4.80. The Hall–Kier alpha value is -1.42. The molecule has 0 radical (unpaired) electrons. The van der Waals surface area contributed by atoms with Gasteiger partial charge in [-0.25, -0.2) is 0 Å². The third-order valence-electron chi connectivity index (χ3n) is 4.14. The number of ether oxygens (including phenoxy) is 1. The molecule has 1 fully saturated rings. The van der Waals surface area contributed by atoms with Gasteiger partial charge >= 0.3 is 0 Å². The molecule has 1 aliphatic carbocycles. The second-order valence-electron chi connectivity index (χ2n) is 5.91. The van der Waals surface area contributed by atoms with E-state index in [2.05, 4.69) is 10.6 Å². The summed E-state index contributed by atoms with van der Waals surface area (Å²) >= 11 is 6.08. The van der Waals surface area contributed by atoms with Crippen LogP contribution in [0.5, 0.6) is 5.75 Å². The van der Waals surface area contributed by atoms with Crippen LogP contribution in [0.25, 0.3) is 0 Å². The summed E-state index contributed by atoms with van der Waals surface area (Å²) in [5.74, 6) is 0.680. The van der Waals surface area contributed by atoms with Crippen molar-refractivity contribution < 1.29 is 9.53 Å². The lowest BCUT2D eigenvalue weighted by Gasteiger charge is -2.17. The van der Waals surface area contributed by atoms with Gasteiger partial charge in [-0.2, -0.15) is 0 Å². The van der Waals surface area contributed by atoms with Gasteiger partial charge in [0.1, 0.15) is 5.75 Å². The van der Waals surface area contributed by atoms with Gasteiger partial charge in [-0.05, 0) is 31.4 Å². The first-order valence-electron chi connectivity index (χ1n) is 7.97. The van der Waals surface area contributed by atoms with Gasteiger partial charge in [0.25, 0.3) is 0 Å². The van der Waals surface area contributed by atoms with Crippen LogP contribution in [0, 0.1) is 6.92 Å². The van der Waals surface area contributed by atoms with Gasteiger partial charge in [0.05, 0.1) is 19.3 Å². The van der Waals surface area contributed by atoms with E-state index in [4.69, 9.17) is 16.3 Å². The monoisotopic (exact) mass is 324 g/mol. The van der Waals surface area contributed by atoms with Gasteiger partial charge in [0.2, 0.25) is 5.91 Å². The Morgan fingerprint density at radius 3 is 2.59 bits per heavy atom. The molecule has 0 atom stereocenters. The number of carbonyl (C=O) groups is 1. The lowest BCUT2D eigenvalue weighted by molar-refractivity contribution is -0.120. The molecule has 22 heavy (non-hydrogen) atoms. The first kappa shape index (κ1) is 16.9. The summed E-state index contributed by atoms with van der Waals surface area (Å²) in [6.07, 6.45) is 7.17. The molecule has 122 valence electrons. The fourth-order valence-corrected chi connectivity index (χ4v) is 3.00. The molecule has 1 aliphatic rings. The second-order valence-corrected chi connectivity index (χ2v) is 6.32. The molecule has 2 rings (SSSR count). The van der Waals surface area contributed by atoms with Gasteiger partial charge in [0.15, 0.2) is 0 Å². The van der Waals surface area contributed by atoms with Crippen LogP contribution >= 0.6 is 11.6 Å². The number of nitrogens with one attached hydrogen (secondary N) is 2. The first-order chi connectivity index (χ1) is 10.6. The van der Waals surface area contributed by atoms with Crippen molar-refractivity contribution in [3.63, 3.8) is 0 Å². The van der Waals surface area contributed by atoms with Crippen LogP contribution in [0.1, 0.15) is 44.1 Å². The van der Waals surface area contributed by atoms with Gasteiger partial charge in [-0.1, -0.05) is 37.3 Å². The van der Waals surface area contributed by atoms with Crippen LogP contribution in [-0.4, -0.2) is 25.6 Å². The minimum Gasteiger partial charge on any atom is -0.495 e. The zero-order valence-corrected chi connectivity index (χ0v) is 14.1. The number of anilines is 1. The largest absolute Gasteiger partial charge is 0.495 e. The third-order valence-corrected chi connectivity index (χ3v) is 4.55. The molecule has 0 aromatic heterocycles. The molecular weight excluding hydrogens is 300 g/mol. The predicted molar refractivity (Wildman–Crippen MR) is 90.9 cm³/mol. The molecule has 4 nitrogen and oxygen atoms in total. The maximum absolute atomic E-state index is 12.1. The Morgan fingerprint density at radius 2 is 1.95 bits per heavy atom. The van der Waals surface area contributed by atoms with E-state index < -0.39 is 0 Å². The van der Waals surface area contributed by atoms with Crippen molar-refractivity contribution in [1.82, 2.24) is 5.32 Å². The smallest absolute Gasteiger partial charge is 0.239 e. The van der Waals surface area contributed by atoms with Gasteiger partial charge in [-0.3, -0.25) is 4.79 Å². The standard InChI is InChI=1S/C17H25ClN2O2/c1-12-9-15(16(22-2)10-14(12)18)19-11-17(21)20-13-7-5-3-4-6-8-13/h9-10,13,19H,3-8,11H2,1-2H3,(H,20,21). The number of hydrogen-bond donors (Lipinski definition) is 2. The van der Waals surface area contributed by atoms with E-state index in [1.54, 1.807) is 13.2 Å². The number of halogens is 1. The van der Waals surface area contributed by atoms with Crippen molar-refractivity contribution >= 4 is 23.2 Å². The zero-order chi connectivity index (χ0) is 15.9. The molecule has 0 saturated heterocycles. The van der Waals surface area contributed by atoms with E-state index in [0.29, 0.717) is 16.8 Å². The summed E-state index contributed by atoms with van der Waals surface area (Å²) in [4.78, 5) is 12.1. The normalized spacial score (nSPS) is 16.0. The Balaban J connectivity index is 1.89. The maximum Gasteiger partial charge on any atom is 0.239 e. The molecule has 1 aromatic carbocycles. The number of methoxy groups -OCH3 is 1. The van der Waals surface area contributed by atoms with Crippen LogP contribution < -0.4 is 15.4 Å². The molecule has 0 unspecified atom stereocenters. The minimum atomic E-state index is 0.0292.